The minimum absolute atomic E-state index is 0.302. The van der Waals surface area contributed by atoms with Crippen LogP contribution in [0.4, 0.5) is 5.88 Å². The van der Waals surface area contributed by atoms with E-state index in [1.807, 2.05) is 6.26 Å². The van der Waals surface area contributed by atoms with Crippen molar-refractivity contribution in [1.82, 2.24) is 14.8 Å². The van der Waals surface area contributed by atoms with E-state index >= 15 is 0 Å². The van der Waals surface area contributed by atoms with Gasteiger partial charge in [-0.3, -0.25) is 10.1 Å². The third kappa shape index (κ3) is 1.78. The Morgan fingerprint density at radius 2 is 2.31 bits per heavy atom. The molecule has 8 heteroatoms. The summed E-state index contributed by atoms with van der Waals surface area (Å²) in [5, 5.41) is 15.1. The van der Waals surface area contributed by atoms with E-state index in [9.17, 15) is 10.1 Å². The Bertz CT molecular complexity index is 533. The predicted octanol–water partition coefficient (Wildman–Crippen LogP) is 1.71. The molecule has 0 unspecified atom stereocenters. The van der Waals surface area contributed by atoms with Crippen LogP contribution in [0.15, 0.2) is 21.7 Å². The van der Waals surface area contributed by atoms with Crippen molar-refractivity contribution in [3.05, 3.63) is 22.2 Å². The lowest BCUT2D eigenvalue weighted by Crippen LogP contribution is -1.93. The van der Waals surface area contributed by atoms with E-state index < -0.39 is 4.92 Å². The summed E-state index contributed by atoms with van der Waals surface area (Å²) in [5.74, 6) is 0.503. The molecule has 0 radical (unpaired) electrons. The van der Waals surface area contributed by atoms with Crippen molar-refractivity contribution in [2.45, 2.75) is 5.16 Å². The summed E-state index contributed by atoms with van der Waals surface area (Å²) < 4.78 is 6.56. The lowest BCUT2D eigenvalue weighted by Gasteiger charge is -1.92. The van der Waals surface area contributed by atoms with Gasteiger partial charge in [-0.2, -0.15) is 4.98 Å². The van der Waals surface area contributed by atoms with E-state index in [1.165, 1.54) is 28.6 Å². The van der Waals surface area contributed by atoms with E-state index in [2.05, 4.69) is 10.1 Å². The maximum absolute atomic E-state index is 10.5. The van der Waals surface area contributed by atoms with Crippen molar-refractivity contribution >= 4 is 17.6 Å². The molecule has 84 valence electrons. The van der Waals surface area contributed by atoms with Crippen LogP contribution in [0.25, 0.3) is 11.6 Å². The fourth-order valence-electron chi connectivity index (χ4n) is 1.21. The van der Waals surface area contributed by atoms with Crippen LogP contribution in [0.1, 0.15) is 0 Å². The van der Waals surface area contributed by atoms with Crippen molar-refractivity contribution in [2.24, 2.45) is 7.05 Å². The molecule has 2 aromatic rings. The number of thioether (sulfide) groups is 1. The Morgan fingerprint density at radius 3 is 2.81 bits per heavy atom. The minimum Gasteiger partial charge on any atom is -0.397 e. The zero-order valence-electron chi connectivity index (χ0n) is 8.58. The molecule has 0 aliphatic heterocycles. The van der Waals surface area contributed by atoms with Gasteiger partial charge in [0.1, 0.15) is 4.92 Å². The second-order valence-corrected chi connectivity index (χ2v) is 3.71. The van der Waals surface area contributed by atoms with Crippen molar-refractivity contribution < 1.29 is 9.34 Å². The fraction of sp³-hybridized carbons (Fsp3) is 0.250. The minimum atomic E-state index is -0.588. The average Bonchev–Trinajstić information content (AvgIpc) is 2.83. The van der Waals surface area contributed by atoms with Gasteiger partial charge in [-0.25, -0.2) is 4.68 Å². The quantitative estimate of drug-likeness (QED) is 0.461. The lowest BCUT2D eigenvalue weighted by molar-refractivity contribution is -0.401. The number of hydrogen-bond acceptors (Lipinski definition) is 6. The summed E-state index contributed by atoms with van der Waals surface area (Å²) >= 11 is 1.39. The highest BCUT2D eigenvalue weighted by atomic mass is 32.2. The average molecular weight is 240 g/mol. The van der Waals surface area contributed by atoms with Crippen molar-refractivity contribution in [3.63, 3.8) is 0 Å². The van der Waals surface area contributed by atoms with E-state index in [0.717, 1.165) is 0 Å². The molecule has 0 amide bonds. The van der Waals surface area contributed by atoms with Gasteiger partial charge >= 0.3 is 5.88 Å². The third-order valence-corrected chi connectivity index (χ3v) is 2.46. The molecule has 0 aromatic carbocycles. The molecule has 0 aliphatic rings. The number of nitro groups is 1. The molecule has 0 atom stereocenters. The molecular formula is C8H8N4O3S. The van der Waals surface area contributed by atoms with Gasteiger partial charge in [0.15, 0.2) is 11.6 Å². The predicted molar refractivity (Wildman–Crippen MR) is 57.1 cm³/mol. The maximum Gasteiger partial charge on any atom is 0.433 e. The molecule has 2 heterocycles. The Labute approximate surface area is 94.6 Å². The van der Waals surface area contributed by atoms with Crippen LogP contribution in [-0.4, -0.2) is 25.9 Å². The topological polar surface area (TPSA) is 87.0 Å². The molecule has 0 aliphatic carbocycles. The molecule has 0 saturated heterocycles. The van der Waals surface area contributed by atoms with Gasteiger partial charge in [0.2, 0.25) is 5.16 Å². The first kappa shape index (κ1) is 10.7. The van der Waals surface area contributed by atoms with Gasteiger partial charge in [-0.05, 0) is 12.3 Å². The SMILES string of the molecule is CSc1nc(-c2ccc([N+](=O)[O-])o2)n(C)n1. The molecule has 16 heavy (non-hydrogen) atoms. The van der Waals surface area contributed by atoms with Crippen LogP contribution >= 0.6 is 11.8 Å². The van der Waals surface area contributed by atoms with Gasteiger partial charge in [-0.15, -0.1) is 5.10 Å². The molecule has 7 nitrogen and oxygen atoms in total. The maximum atomic E-state index is 10.5. The van der Waals surface area contributed by atoms with E-state index in [-0.39, 0.29) is 5.88 Å². The smallest absolute Gasteiger partial charge is 0.397 e. The van der Waals surface area contributed by atoms with Gasteiger partial charge < -0.3 is 4.42 Å². The van der Waals surface area contributed by atoms with Crippen LogP contribution in [0.3, 0.4) is 0 Å². The first-order valence-electron chi connectivity index (χ1n) is 4.31. The molecule has 0 N–H and O–H groups in total. The van der Waals surface area contributed by atoms with Gasteiger partial charge in [-0.1, -0.05) is 11.8 Å². The number of hydrogen-bond donors (Lipinski definition) is 0. The van der Waals surface area contributed by atoms with E-state index in [4.69, 9.17) is 4.42 Å². The number of nitrogens with zero attached hydrogens (tertiary/aromatic N) is 4. The summed E-state index contributed by atoms with van der Waals surface area (Å²) in [5.41, 5.74) is 0. The number of aryl methyl sites for hydroxylation is 1. The number of furan rings is 1. The monoisotopic (exact) mass is 240 g/mol. The molecule has 0 saturated carbocycles. The molecule has 0 fully saturated rings. The first-order valence-corrected chi connectivity index (χ1v) is 5.54. The van der Waals surface area contributed by atoms with Crippen LogP contribution in [-0.2, 0) is 7.05 Å². The second-order valence-electron chi connectivity index (χ2n) is 2.94. The Balaban J connectivity index is 2.41. The largest absolute Gasteiger partial charge is 0.433 e. The van der Waals surface area contributed by atoms with Crippen molar-refractivity contribution in [3.8, 4) is 11.6 Å². The highest BCUT2D eigenvalue weighted by molar-refractivity contribution is 7.98. The summed E-state index contributed by atoms with van der Waals surface area (Å²) in [6, 6.07) is 2.80. The summed E-state index contributed by atoms with van der Waals surface area (Å²) in [6.07, 6.45) is 1.85. The summed E-state index contributed by atoms with van der Waals surface area (Å²) in [6.45, 7) is 0. The summed E-state index contributed by atoms with van der Waals surface area (Å²) in [4.78, 5) is 14.0. The lowest BCUT2D eigenvalue weighted by atomic mass is 10.4. The van der Waals surface area contributed by atoms with Crippen LogP contribution in [0.5, 0.6) is 0 Å². The third-order valence-electron chi connectivity index (χ3n) is 1.92. The van der Waals surface area contributed by atoms with Crippen LogP contribution in [0, 0.1) is 10.1 Å². The van der Waals surface area contributed by atoms with Gasteiger partial charge in [0.05, 0.1) is 6.07 Å². The van der Waals surface area contributed by atoms with Gasteiger partial charge in [0, 0.05) is 7.05 Å². The van der Waals surface area contributed by atoms with Crippen LogP contribution in [0.2, 0.25) is 0 Å². The highest BCUT2D eigenvalue weighted by Crippen LogP contribution is 2.25. The van der Waals surface area contributed by atoms with E-state index in [1.54, 1.807) is 7.05 Å². The Morgan fingerprint density at radius 1 is 1.56 bits per heavy atom. The first-order chi connectivity index (χ1) is 7.61. The number of rotatable bonds is 3. The van der Waals surface area contributed by atoms with Gasteiger partial charge in [0.25, 0.3) is 0 Å². The molecule has 2 rings (SSSR count). The molecule has 0 bridgehead atoms. The standard InChI is InChI=1S/C8H8N4O3S/c1-11-7(9-8(10-11)16-2)5-3-4-6(15-5)12(13)14/h3-4H,1-2H3. The molecule has 0 spiro atoms. The fourth-order valence-corrected chi connectivity index (χ4v) is 1.59. The summed E-state index contributed by atoms with van der Waals surface area (Å²) in [7, 11) is 1.70. The Hall–Kier alpha value is -1.83. The number of aromatic nitrogens is 3. The normalized spacial score (nSPS) is 10.6. The van der Waals surface area contributed by atoms with E-state index in [0.29, 0.717) is 16.7 Å². The zero-order chi connectivity index (χ0) is 11.7. The zero-order valence-corrected chi connectivity index (χ0v) is 9.39. The second kappa shape index (κ2) is 3.97. The molecular weight excluding hydrogens is 232 g/mol. The Kier molecular flexibility index (Phi) is 2.65. The highest BCUT2D eigenvalue weighted by Gasteiger charge is 2.17. The molecule has 2 aromatic heterocycles. The van der Waals surface area contributed by atoms with Crippen LogP contribution < -0.4 is 0 Å². The van der Waals surface area contributed by atoms with Crippen molar-refractivity contribution in [1.29, 1.82) is 0 Å². The van der Waals surface area contributed by atoms with Crippen molar-refractivity contribution in [2.75, 3.05) is 6.26 Å².